The molecular formula is C19H23N3O3. The van der Waals surface area contributed by atoms with Crippen LogP contribution in [0.3, 0.4) is 0 Å². The van der Waals surface area contributed by atoms with Gasteiger partial charge in [-0.2, -0.15) is 0 Å². The molecule has 3 rings (SSSR count). The maximum absolute atomic E-state index is 12.1. The summed E-state index contributed by atoms with van der Waals surface area (Å²) < 4.78 is 5.13. The minimum absolute atomic E-state index is 0.00411. The van der Waals surface area contributed by atoms with Crippen LogP contribution >= 0.6 is 0 Å². The van der Waals surface area contributed by atoms with Gasteiger partial charge in [0.1, 0.15) is 0 Å². The van der Waals surface area contributed by atoms with Gasteiger partial charge in [0.25, 0.3) is 0 Å². The van der Waals surface area contributed by atoms with Crippen LogP contribution in [-0.2, 0) is 4.79 Å². The number of carbonyl (C=O) groups is 2. The number of benzene rings is 1. The van der Waals surface area contributed by atoms with E-state index in [1.54, 1.807) is 12.1 Å². The zero-order valence-electron chi connectivity index (χ0n) is 14.4. The van der Waals surface area contributed by atoms with E-state index < -0.39 is 0 Å². The van der Waals surface area contributed by atoms with E-state index in [-0.39, 0.29) is 11.7 Å². The number of rotatable bonds is 6. The summed E-state index contributed by atoms with van der Waals surface area (Å²) in [5.74, 6) is 0.388. The Bertz CT molecular complexity index is 702. The second kappa shape index (κ2) is 8.09. The van der Waals surface area contributed by atoms with E-state index in [4.69, 9.17) is 4.42 Å². The summed E-state index contributed by atoms with van der Waals surface area (Å²) in [6, 6.07) is 11.2. The Labute approximate surface area is 147 Å². The summed E-state index contributed by atoms with van der Waals surface area (Å²) in [4.78, 5) is 28.4. The van der Waals surface area contributed by atoms with Gasteiger partial charge in [-0.3, -0.25) is 19.4 Å². The summed E-state index contributed by atoms with van der Waals surface area (Å²) in [5, 5.41) is 2.92. The fraction of sp³-hybridized carbons (Fsp3) is 0.368. The molecule has 1 aromatic carbocycles. The van der Waals surface area contributed by atoms with Gasteiger partial charge in [0.05, 0.1) is 19.4 Å². The number of hydrogen-bond acceptors (Lipinski definition) is 5. The smallest absolute Gasteiger partial charge is 0.238 e. The lowest BCUT2D eigenvalue weighted by Crippen LogP contribution is -2.49. The predicted molar refractivity (Wildman–Crippen MR) is 95.7 cm³/mol. The molecule has 0 unspecified atom stereocenters. The van der Waals surface area contributed by atoms with Crippen LogP contribution in [-0.4, -0.2) is 60.8 Å². The lowest BCUT2D eigenvalue weighted by molar-refractivity contribution is -0.117. The fourth-order valence-electron chi connectivity index (χ4n) is 2.86. The van der Waals surface area contributed by atoms with Gasteiger partial charge in [-0.25, -0.2) is 0 Å². The number of amides is 1. The van der Waals surface area contributed by atoms with Crippen LogP contribution in [0.15, 0.2) is 47.1 Å². The number of Topliss-reactive ketones (excluding diaryl/α,β-unsaturated/α-hetero) is 1. The minimum Gasteiger partial charge on any atom is -0.461 e. The number of aryl methyl sites for hydroxylation is 1. The monoisotopic (exact) mass is 341 g/mol. The fourth-order valence-corrected chi connectivity index (χ4v) is 2.86. The largest absolute Gasteiger partial charge is 0.461 e. The average Bonchev–Trinajstić information content (AvgIpc) is 3.13. The van der Waals surface area contributed by atoms with E-state index in [0.717, 1.165) is 31.9 Å². The number of ketones is 1. The van der Waals surface area contributed by atoms with Crippen molar-refractivity contribution in [2.45, 2.75) is 6.92 Å². The van der Waals surface area contributed by atoms with Crippen molar-refractivity contribution in [2.24, 2.45) is 0 Å². The number of nitrogens with one attached hydrogen (secondary N) is 1. The second-order valence-electron chi connectivity index (χ2n) is 6.37. The Kier molecular flexibility index (Phi) is 5.63. The first kappa shape index (κ1) is 17.4. The number of anilines is 1. The van der Waals surface area contributed by atoms with Crippen molar-refractivity contribution in [1.82, 2.24) is 9.80 Å². The number of carbonyl (C=O) groups excluding carboxylic acids is 2. The van der Waals surface area contributed by atoms with Gasteiger partial charge in [-0.05, 0) is 31.2 Å². The molecule has 25 heavy (non-hydrogen) atoms. The van der Waals surface area contributed by atoms with E-state index in [0.29, 0.717) is 18.8 Å². The summed E-state index contributed by atoms with van der Waals surface area (Å²) in [6.45, 7) is 5.82. The minimum atomic E-state index is -0.0102. The molecule has 0 radical (unpaired) electrons. The van der Waals surface area contributed by atoms with Crippen LogP contribution in [0.2, 0.25) is 0 Å². The van der Waals surface area contributed by atoms with Crippen LogP contribution < -0.4 is 5.32 Å². The molecule has 0 spiro atoms. The van der Waals surface area contributed by atoms with Crippen molar-refractivity contribution in [3.05, 3.63) is 54.0 Å². The van der Waals surface area contributed by atoms with E-state index >= 15 is 0 Å². The highest BCUT2D eigenvalue weighted by atomic mass is 16.3. The molecule has 2 heterocycles. The number of furan rings is 1. The summed E-state index contributed by atoms with van der Waals surface area (Å²) in [6.07, 6.45) is 1.51. The van der Waals surface area contributed by atoms with Crippen molar-refractivity contribution in [1.29, 1.82) is 0 Å². The van der Waals surface area contributed by atoms with E-state index in [9.17, 15) is 9.59 Å². The maximum atomic E-state index is 12.1. The SMILES string of the molecule is Cc1ccc(NC(=O)CN2CCN(CC(=O)c3ccco3)CC2)cc1. The molecule has 1 aliphatic rings. The Hall–Kier alpha value is -2.44. The molecule has 2 aromatic rings. The second-order valence-corrected chi connectivity index (χ2v) is 6.37. The third-order valence-electron chi connectivity index (χ3n) is 4.33. The molecule has 1 aromatic heterocycles. The molecule has 0 aliphatic carbocycles. The summed E-state index contributed by atoms with van der Waals surface area (Å²) >= 11 is 0. The third kappa shape index (κ3) is 5.01. The van der Waals surface area contributed by atoms with Crippen LogP contribution in [0.25, 0.3) is 0 Å². The highest BCUT2D eigenvalue weighted by Gasteiger charge is 2.21. The molecule has 0 bridgehead atoms. The Morgan fingerprint density at radius 2 is 1.64 bits per heavy atom. The van der Waals surface area contributed by atoms with Crippen LogP contribution in [0.4, 0.5) is 5.69 Å². The van der Waals surface area contributed by atoms with Crippen molar-refractivity contribution in [2.75, 3.05) is 44.6 Å². The number of hydrogen-bond donors (Lipinski definition) is 1. The molecule has 0 saturated carbocycles. The Balaban J connectivity index is 1.40. The maximum Gasteiger partial charge on any atom is 0.238 e. The average molecular weight is 341 g/mol. The molecule has 132 valence electrons. The van der Waals surface area contributed by atoms with Gasteiger partial charge in [-0.1, -0.05) is 17.7 Å². The zero-order valence-corrected chi connectivity index (χ0v) is 14.4. The van der Waals surface area contributed by atoms with E-state index in [1.165, 1.54) is 11.8 Å². The number of nitrogens with zero attached hydrogens (tertiary/aromatic N) is 2. The lowest BCUT2D eigenvalue weighted by Gasteiger charge is -2.33. The van der Waals surface area contributed by atoms with Gasteiger partial charge in [0.15, 0.2) is 5.76 Å². The first-order chi connectivity index (χ1) is 12.1. The summed E-state index contributed by atoms with van der Waals surface area (Å²) in [7, 11) is 0. The van der Waals surface area contributed by atoms with E-state index in [2.05, 4.69) is 15.1 Å². The van der Waals surface area contributed by atoms with Gasteiger partial charge in [0.2, 0.25) is 11.7 Å². The molecule has 1 saturated heterocycles. The molecular weight excluding hydrogens is 318 g/mol. The topological polar surface area (TPSA) is 65.8 Å². The normalized spacial score (nSPS) is 15.9. The first-order valence-electron chi connectivity index (χ1n) is 8.48. The number of piperazine rings is 1. The standard InChI is InChI=1S/C19H23N3O3/c1-15-4-6-16(7-5-15)20-19(24)14-22-10-8-21(9-11-22)13-17(23)18-3-2-12-25-18/h2-7,12H,8-11,13-14H2,1H3,(H,20,24). The molecule has 0 atom stereocenters. The predicted octanol–water partition coefficient (Wildman–Crippen LogP) is 2.03. The van der Waals surface area contributed by atoms with Gasteiger partial charge in [-0.15, -0.1) is 0 Å². The molecule has 6 nitrogen and oxygen atoms in total. The third-order valence-corrected chi connectivity index (χ3v) is 4.33. The first-order valence-corrected chi connectivity index (χ1v) is 8.48. The highest BCUT2D eigenvalue weighted by Crippen LogP contribution is 2.10. The van der Waals surface area contributed by atoms with Crippen LogP contribution in [0, 0.1) is 6.92 Å². The van der Waals surface area contributed by atoms with Crippen LogP contribution in [0.1, 0.15) is 16.1 Å². The zero-order chi connectivity index (χ0) is 17.6. The van der Waals surface area contributed by atoms with E-state index in [1.807, 2.05) is 31.2 Å². The molecule has 1 amide bonds. The van der Waals surface area contributed by atoms with Crippen LogP contribution in [0.5, 0.6) is 0 Å². The van der Waals surface area contributed by atoms with Crippen molar-refractivity contribution in [3.8, 4) is 0 Å². The molecule has 1 aliphatic heterocycles. The molecule has 1 N–H and O–H groups in total. The molecule has 6 heteroatoms. The Morgan fingerprint density at radius 1 is 1.00 bits per heavy atom. The highest BCUT2D eigenvalue weighted by molar-refractivity contribution is 5.95. The quantitative estimate of drug-likeness (QED) is 0.815. The summed E-state index contributed by atoms with van der Waals surface area (Å²) in [5.41, 5.74) is 1.98. The van der Waals surface area contributed by atoms with Crippen molar-refractivity contribution >= 4 is 17.4 Å². The van der Waals surface area contributed by atoms with Gasteiger partial charge < -0.3 is 9.73 Å². The Morgan fingerprint density at radius 3 is 2.24 bits per heavy atom. The van der Waals surface area contributed by atoms with Crippen molar-refractivity contribution < 1.29 is 14.0 Å². The van der Waals surface area contributed by atoms with Gasteiger partial charge >= 0.3 is 0 Å². The lowest BCUT2D eigenvalue weighted by atomic mass is 10.2. The van der Waals surface area contributed by atoms with Crippen molar-refractivity contribution in [3.63, 3.8) is 0 Å². The van der Waals surface area contributed by atoms with Gasteiger partial charge in [0, 0.05) is 31.9 Å². The molecule has 1 fully saturated rings.